The van der Waals surface area contributed by atoms with E-state index in [0.717, 1.165) is 11.8 Å². The van der Waals surface area contributed by atoms with E-state index in [4.69, 9.17) is 10.4 Å². The number of carbonyl (C=O) groups excluding carboxylic acids is 1. The van der Waals surface area contributed by atoms with E-state index in [0.29, 0.717) is 0 Å². The van der Waals surface area contributed by atoms with E-state index in [2.05, 4.69) is 0 Å². The normalized spacial score (nSPS) is 11.5. The van der Waals surface area contributed by atoms with Crippen LogP contribution in [0, 0.1) is 11.3 Å². The van der Waals surface area contributed by atoms with Crippen molar-refractivity contribution in [2.24, 2.45) is 0 Å². The van der Waals surface area contributed by atoms with E-state index in [1.807, 2.05) is 6.07 Å². The Morgan fingerprint density at radius 3 is 2.60 bits per heavy atom. The monoisotopic (exact) mass is 230 g/mol. The number of carboxylic acids is 1. The fraction of sp³-hybridized carbons (Fsp3) is 0.667. The molecule has 0 aromatic carbocycles. The minimum atomic E-state index is -0.930. The number of hydrogen-bond donors (Lipinski definition) is 1. The molecule has 0 saturated carbocycles. The molecular weight excluding hydrogens is 216 g/mol. The average Bonchev–Trinajstić information content (AvgIpc) is 2.16. The van der Waals surface area contributed by atoms with Crippen LogP contribution in [0.15, 0.2) is 0 Å². The summed E-state index contributed by atoms with van der Waals surface area (Å²) < 4.78 is 0. The Morgan fingerprint density at radius 2 is 2.13 bits per heavy atom. The first kappa shape index (κ1) is 13.8. The average molecular weight is 230 g/mol. The standard InChI is InChI=1S/C9H14N2O3S/c1-7(3-4-10)11(2)8(12)5-15-6-9(13)14/h7H,3,5-6H2,1-2H3,(H,13,14). The Morgan fingerprint density at radius 1 is 1.53 bits per heavy atom. The van der Waals surface area contributed by atoms with E-state index in [1.54, 1.807) is 14.0 Å². The van der Waals surface area contributed by atoms with Crippen LogP contribution in [0.25, 0.3) is 0 Å². The van der Waals surface area contributed by atoms with E-state index in [1.165, 1.54) is 4.90 Å². The number of thioether (sulfide) groups is 1. The van der Waals surface area contributed by atoms with Crippen LogP contribution >= 0.6 is 11.8 Å². The third-order valence-corrected chi connectivity index (χ3v) is 2.79. The number of aliphatic carboxylic acids is 1. The van der Waals surface area contributed by atoms with E-state index in [-0.39, 0.29) is 29.9 Å². The van der Waals surface area contributed by atoms with Gasteiger partial charge in [-0.25, -0.2) is 0 Å². The zero-order valence-electron chi connectivity index (χ0n) is 8.77. The number of amides is 1. The van der Waals surface area contributed by atoms with Gasteiger partial charge in [-0.3, -0.25) is 9.59 Å². The minimum Gasteiger partial charge on any atom is -0.481 e. The first-order valence-corrected chi connectivity index (χ1v) is 5.56. The van der Waals surface area contributed by atoms with Gasteiger partial charge in [0.25, 0.3) is 0 Å². The molecule has 0 aliphatic heterocycles. The van der Waals surface area contributed by atoms with Gasteiger partial charge in [0.1, 0.15) is 0 Å². The topological polar surface area (TPSA) is 81.4 Å². The van der Waals surface area contributed by atoms with Crippen molar-refractivity contribution in [1.29, 1.82) is 5.26 Å². The highest BCUT2D eigenvalue weighted by atomic mass is 32.2. The second kappa shape index (κ2) is 7.12. The van der Waals surface area contributed by atoms with Gasteiger partial charge in [-0.2, -0.15) is 5.26 Å². The van der Waals surface area contributed by atoms with Gasteiger partial charge < -0.3 is 10.0 Å². The molecule has 84 valence electrons. The molecule has 0 radical (unpaired) electrons. The number of rotatable bonds is 6. The van der Waals surface area contributed by atoms with Crippen LogP contribution in [0.2, 0.25) is 0 Å². The number of nitrogens with zero attached hydrogens (tertiary/aromatic N) is 2. The van der Waals surface area contributed by atoms with Gasteiger partial charge >= 0.3 is 5.97 Å². The van der Waals surface area contributed by atoms with Gasteiger partial charge in [-0.1, -0.05) is 0 Å². The lowest BCUT2D eigenvalue weighted by Crippen LogP contribution is -2.36. The van der Waals surface area contributed by atoms with Crippen molar-refractivity contribution < 1.29 is 14.7 Å². The molecule has 0 bridgehead atoms. The van der Waals surface area contributed by atoms with Crippen molar-refractivity contribution in [2.75, 3.05) is 18.6 Å². The fourth-order valence-corrected chi connectivity index (χ4v) is 1.50. The summed E-state index contributed by atoms with van der Waals surface area (Å²) in [6, 6.07) is 1.85. The summed E-state index contributed by atoms with van der Waals surface area (Å²) in [5, 5.41) is 16.8. The molecule has 0 rings (SSSR count). The molecule has 0 aromatic rings. The lowest BCUT2D eigenvalue weighted by molar-refractivity contribution is -0.133. The third-order valence-electron chi connectivity index (χ3n) is 1.89. The first-order chi connectivity index (χ1) is 6.99. The summed E-state index contributed by atoms with van der Waals surface area (Å²) >= 11 is 1.06. The number of carbonyl (C=O) groups is 2. The Balaban J connectivity index is 3.89. The lowest BCUT2D eigenvalue weighted by atomic mass is 10.2. The van der Waals surface area contributed by atoms with Gasteiger partial charge in [0.2, 0.25) is 5.91 Å². The molecule has 0 aromatic heterocycles. The van der Waals surface area contributed by atoms with Crippen molar-refractivity contribution in [3.8, 4) is 6.07 Å². The summed E-state index contributed by atoms with van der Waals surface area (Å²) in [6.07, 6.45) is 0.284. The Bertz CT molecular complexity index is 275. The smallest absolute Gasteiger partial charge is 0.313 e. The van der Waals surface area contributed by atoms with Crippen LogP contribution in [-0.4, -0.2) is 46.5 Å². The summed E-state index contributed by atoms with van der Waals surface area (Å²) in [6.45, 7) is 1.78. The van der Waals surface area contributed by atoms with Crippen LogP contribution in [0.5, 0.6) is 0 Å². The molecular formula is C9H14N2O3S. The molecule has 0 fully saturated rings. The minimum absolute atomic E-state index is 0.0772. The SMILES string of the molecule is CC(CC#N)N(C)C(=O)CSCC(=O)O. The van der Waals surface area contributed by atoms with Crippen molar-refractivity contribution in [3.05, 3.63) is 0 Å². The molecule has 6 heteroatoms. The summed E-state index contributed by atoms with van der Waals surface area (Å²) in [4.78, 5) is 23.1. The van der Waals surface area contributed by atoms with Crippen molar-refractivity contribution in [1.82, 2.24) is 4.90 Å². The maximum Gasteiger partial charge on any atom is 0.313 e. The van der Waals surface area contributed by atoms with Crippen molar-refractivity contribution in [3.63, 3.8) is 0 Å². The zero-order chi connectivity index (χ0) is 11.8. The summed E-state index contributed by atoms with van der Waals surface area (Å²) in [7, 11) is 1.62. The Labute approximate surface area is 93.1 Å². The molecule has 1 N–H and O–H groups in total. The predicted molar refractivity (Wildman–Crippen MR) is 57.4 cm³/mol. The maximum atomic E-state index is 11.4. The summed E-state index contributed by atoms with van der Waals surface area (Å²) in [5.41, 5.74) is 0. The van der Waals surface area contributed by atoms with Gasteiger partial charge in [-0.05, 0) is 6.92 Å². The second-order valence-electron chi connectivity index (χ2n) is 3.10. The van der Waals surface area contributed by atoms with Crippen LogP contribution in [0.4, 0.5) is 0 Å². The third kappa shape index (κ3) is 5.96. The van der Waals surface area contributed by atoms with E-state index in [9.17, 15) is 9.59 Å². The molecule has 1 atom stereocenters. The quantitative estimate of drug-likeness (QED) is 0.721. The Kier molecular flexibility index (Phi) is 6.54. The Hall–Kier alpha value is -1.22. The van der Waals surface area contributed by atoms with Gasteiger partial charge in [-0.15, -0.1) is 11.8 Å². The van der Waals surface area contributed by atoms with Crippen LogP contribution < -0.4 is 0 Å². The van der Waals surface area contributed by atoms with Gasteiger partial charge in [0.15, 0.2) is 0 Å². The number of nitriles is 1. The largest absolute Gasteiger partial charge is 0.481 e. The lowest BCUT2D eigenvalue weighted by Gasteiger charge is -2.22. The van der Waals surface area contributed by atoms with Gasteiger partial charge in [0.05, 0.1) is 24.0 Å². The zero-order valence-corrected chi connectivity index (χ0v) is 9.58. The number of carboxylic acid groups (broad SMARTS) is 1. The molecule has 1 amide bonds. The highest BCUT2D eigenvalue weighted by Crippen LogP contribution is 2.06. The fourth-order valence-electron chi connectivity index (χ4n) is 0.842. The highest BCUT2D eigenvalue weighted by molar-refractivity contribution is 8.00. The molecule has 0 heterocycles. The highest BCUT2D eigenvalue weighted by Gasteiger charge is 2.15. The van der Waals surface area contributed by atoms with Crippen molar-refractivity contribution in [2.45, 2.75) is 19.4 Å². The summed E-state index contributed by atoms with van der Waals surface area (Å²) in [5.74, 6) is -1.02. The number of hydrogen-bond acceptors (Lipinski definition) is 4. The van der Waals surface area contributed by atoms with Gasteiger partial charge in [0, 0.05) is 13.1 Å². The molecule has 0 aliphatic carbocycles. The predicted octanol–water partition coefficient (Wildman–Crippen LogP) is 0.565. The molecule has 5 nitrogen and oxygen atoms in total. The maximum absolute atomic E-state index is 11.4. The molecule has 0 spiro atoms. The van der Waals surface area contributed by atoms with Crippen LogP contribution in [0.1, 0.15) is 13.3 Å². The molecule has 1 unspecified atom stereocenters. The van der Waals surface area contributed by atoms with Crippen LogP contribution in [0.3, 0.4) is 0 Å². The molecule has 0 aliphatic rings. The second-order valence-corrected chi connectivity index (χ2v) is 4.09. The van der Waals surface area contributed by atoms with E-state index >= 15 is 0 Å². The van der Waals surface area contributed by atoms with E-state index < -0.39 is 5.97 Å². The molecule has 15 heavy (non-hydrogen) atoms. The first-order valence-electron chi connectivity index (χ1n) is 4.41. The molecule has 0 saturated heterocycles. The van der Waals surface area contributed by atoms with Crippen molar-refractivity contribution >= 4 is 23.6 Å². The van der Waals surface area contributed by atoms with Crippen LogP contribution in [-0.2, 0) is 9.59 Å².